The summed E-state index contributed by atoms with van der Waals surface area (Å²) in [6.45, 7) is 2.09. The van der Waals surface area contributed by atoms with Crippen molar-refractivity contribution in [2.24, 2.45) is 0 Å². The molecule has 0 aliphatic rings. The minimum Gasteiger partial charge on any atom is -0.398 e. The molecule has 0 saturated carbocycles. The molecule has 0 saturated heterocycles. The molecule has 1 aromatic heterocycles. The van der Waals surface area contributed by atoms with E-state index in [0.717, 1.165) is 24.1 Å². The first-order valence-electron chi connectivity index (χ1n) is 3.64. The highest BCUT2D eigenvalue weighted by molar-refractivity contribution is 6.30. The second kappa shape index (κ2) is 3.58. The molecule has 0 radical (unpaired) electrons. The molecule has 60 valence electrons. The summed E-state index contributed by atoms with van der Waals surface area (Å²) in [4.78, 5) is 3.94. The fourth-order valence-corrected chi connectivity index (χ4v) is 1.24. The molecule has 0 aliphatic carbocycles. The van der Waals surface area contributed by atoms with Gasteiger partial charge in [-0.05, 0) is 12.5 Å². The van der Waals surface area contributed by atoms with E-state index in [-0.39, 0.29) is 0 Å². The maximum atomic E-state index is 5.82. The number of hydrogen-bond donors (Lipinski definition) is 1. The van der Waals surface area contributed by atoms with Crippen molar-refractivity contribution in [3.63, 3.8) is 0 Å². The molecule has 0 aromatic carbocycles. The van der Waals surface area contributed by atoms with Crippen molar-refractivity contribution in [3.05, 3.63) is 23.0 Å². The lowest BCUT2D eigenvalue weighted by atomic mass is 10.1. The molecule has 0 amide bonds. The molecule has 1 heterocycles. The van der Waals surface area contributed by atoms with Gasteiger partial charge in [0.2, 0.25) is 0 Å². The normalized spacial score (nSPS) is 10.0. The Balaban J connectivity index is 3.00. The van der Waals surface area contributed by atoms with Gasteiger partial charge >= 0.3 is 0 Å². The third-order valence-electron chi connectivity index (χ3n) is 1.54. The highest BCUT2D eigenvalue weighted by Gasteiger charge is 2.02. The van der Waals surface area contributed by atoms with E-state index in [0.29, 0.717) is 5.15 Å². The number of halogens is 1. The first-order valence-corrected chi connectivity index (χ1v) is 4.02. The molecule has 1 aromatic rings. The summed E-state index contributed by atoms with van der Waals surface area (Å²) in [5.41, 5.74) is 7.39. The fourth-order valence-electron chi connectivity index (χ4n) is 0.978. The lowest BCUT2D eigenvalue weighted by Gasteiger charge is -2.03. The summed E-state index contributed by atoms with van der Waals surface area (Å²) in [5, 5.41) is 0.534. The molecule has 2 N–H and O–H groups in total. The van der Waals surface area contributed by atoms with Crippen molar-refractivity contribution in [1.82, 2.24) is 4.98 Å². The van der Waals surface area contributed by atoms with Gasteiger partial charge in [0.05, 0.1) is 0 Å². The van der Waals surface area contributed by atoms with Gasteiger partial charge in [0.25, 0.3) is 0 Å². The van der Waals surface area contributed by atoms with Crippen molar-refractivity contribution >= 4 is 17.3 Å². The summed E-state index contributed by atoms with van der Waals surface area (Å²) in [6.07, 6.45) is 3.56. The second-order valence-corrected chi connectivity index (χ2v) is 2.78. The number of nitrogens with two attached hydrogens (primary N) is 1. The van der Waals surface area contributed by atoms with E-state index >= 15 is 0 Å². The van der Waals surface area contributed by atoms with Gasteiger partial charge in [0.1, 0.15) is 5.15 Å². The molecule has 0 fully saturated rings. The molecule has 0 atom stereocenters. The topological polar surface area (TPSA) is 38.9 Å². The minimum absolute atomic E-state index is 0.534. The third kappa shape index (κ3) is 1.84. The highest BCUT2D eigenvalue weighted by Crippen LogP contribution is 2.20. The summed E-state index contributed by atoms with van der Waals surface area (Å²) < 4.78 is 0. The zero-order chi connectivity index (χ0) is 8.27. The molecule has 0 bridgehead atoms. The van der Waals surface area contributed by atoms with Crippen LogP contribution in [0.2, 0.25) is 5.15 Å². The van der Waals surface area contributed by atoms with Gasteiger partial charge in [-0.1, -0.05) is 24.9 Å². The summed E-state index contributed by atoms with van der Waals surface area (Å²) in [5.74, 6) is 0. The van der Waals surface area contributed by atoms with Crippen molar-refractivity contribution < 1.29 is 0 Å². The fraction of sp³-hybridized carbons (Fsp3) is 0.375. The standard InChI is InChI=1S/C8H11ClN2/c1-2-3-6-7(10)4-5-11-8(6)9/h4-5H,2-3H2,1H3,(H2,10,11). The van der Waals surface area contributed by atoms with E-state index in [9.17, 15) is 0 Å². The van der Waals surface area contributed by atoms with Crippen LogP contribution in [-0.4, -0.2) is 4.98 Å². The number of rotatable bonds is 2. The third-order valence-corrected chi connectivity index (χ3v) is 1.87. The van der Waals surface area contributed by atoms with Crippen LogP contribution in [0.4, 0.5) is 5.69 Å². The number of anilines is 1. The van der Waals surface area contributed by atoms with Crippen LogP contribution in [0.15, 0.2) is 12.3 Å². The Morgan fingerprint density at radius 2 is 2.36 bits per heavy atom. The Kier molecular flexibility index (Phi) is 2.71. The Labute approximate surface area is 71.4 Å². The van der Waals surface area contributed by atoms with Gasteiger partial charge in [-0.15, -0.1) is 0 Å². The van der Waals surface area contributed by atoms with E-state index in [1.807, 2.05) is 0 Å². The van der Waals surface area contributed by atoms with E-state index < -0.39 is 0 Å². The van der Waals surface area contributed by atoms with E-state index in [4.69, 9.17) is 17.3 Å². The predicted molar refractivity (Wildman–Crippen MR) is 47.7 cm³/mol. The van der Waals surface area contributed by atoms with Crippen molar-refractivity contribution in [2.75, 3.05) is 5.73 Å². The lowest BCUT2D eigenvalue weighted by Crippen LogP contribution is -1.96. The highest BCUT2D eigenvalue weighted by atomic mass is 35.5. The Morgan fingerprint density at radius 3 is 2.91 bits per heavy atom. The Morgan fingerprint density at radius 1 is 1.64 bits per heavy atom. The maximum absolute atomic E-state index is 5.82. The largest absolute Gasteiger partial charge is 0.398 e. The lowest BCUT2D eigenvalue weighted by molar-refractivity contribution is 0.917. The van der Waals surface area contributed by atoms with Gasteiger partial charge in [0.15, 0.2) is 0 Å². The molecule has 1 rings (SSSR count). The molecular weight excluding hydrogens is 160 g/mol. The van der Waals surface area contributed by atoms with Crippen LogP contribution in [-0.2, 0) is 6.42 Å². The molecule has 0 unspecified atom stereocenters. The number of hydrogen-bond acceptors (Lipinski definition) is 2. The number of nitrogens with zero attached hydrogens (tertiary/aromatic N) is 1. The Bertz CT molecular complexity index is 228. The zero-order valence-electron chi connectivity index (χ0n) is 6.47. The zero-order valence-corrected chi connectivity index (χ0v) is 7.23. The molecule has 11 heavy (non-hydrogen) atoms. The minimum atomic E-state index is 0.534. The van der Waals surface area contributed by atoms with Gasteiger partial charge < -0.3 is 5.73 Å². The second-order valence-electron chi connectivity index (χ2n) is 2.42. The average molecular weight is 171 g/mol. The SMILES string of the molecule is CCCc1c(N)ccnc1Cl. The van der Waals surface area contributed by atoms with Crippen LogP contribution >= 0.6 is 11.6 Å². The molecule has 2 nitrogen and oxygen atoms in total. The summed E-state index contributed by atoms with van der Waals surface area (Å²) in [7, 11) is 0. The number of pyridine rings is 1. The van der Waals surface area contributed by atoms with Crippen LogP contribution in [0.1, 0.15) is 18.9 Å². The van der Waals surface area contributed by atoms with E-state index in [1.54, 1.807) is 12.3 Å². The quantitative estimate of drug-likeness (QED) is 0.692. The van der Waals surface area contributed by atoms with Crippen LogP contribution in [0, 0.1) is 0 Å². The van der Waals surface area contributed by atoms with Crippen molar-refractivity contribution in [1.29, 1.82) is 0 Å². The van der Waals surface area contributed by atoms with E-state index in [1.165, 1.54) is 0 Å². The van der Waals surface area contributed by atoms with Crippen LogP contribution in [0.5, 0.6) is 0 Å². The van der Waals surface area contributed by atoms with Crippen molar-refractivity contribution in [2.45, 2.75) is 19.8 Å². The molecule has 3 heteroatoms. The predicted octanol–water partition coefficient (Wildman–Crippen LogP) is 2.27. The van der Waals surface area contributed by atoms with E-state index in [2.05, 4.69) is 11.9 Å². The van der Waals surface area contributed by atoms with Crippen LogP contribution in [0.25, 0.3) is 0 Å². The molecule has 0 aliphatic heterocycles. The van der Waals surface area contributed by atoms with Gasteiger partial charge in [-0.3, -0.25) is 0 Å². The molecule has 0 spiro atoms. The van der Waals surface area contributed by atoms with Crippen LogP contribution in [0.3, 0.4) is 0 Å². The Hall–Kier alpha value is -0.760. The number of aromatic nitrogens is 1. The van der Waals surface area contributed by atoms with Gasteiger partial charge in [-0.2, -0.15) is 0 Å². The van der Waals surface area contributed by atoms with Crippen molar-refractivity contribution in [3.8, 4) is 0 Å². The maximum Gasteiger partial charge on any atom is 0.134 e. The smallest absolute Gasteiger partial charge is 0.134 e. The molecular formula is C8H11ClN2. The monoisotopic (exact) mass is 170 g/mol. The first kappa shape index (κ1) is 8.34. The first-order chi connectivity index (χ1) is 5.25. The summed E-state index contributed by atoms with van der Waals surface area (Å²) in [6, 6.07) is 1.77. The summed E-state index contributed by atoms with van der Waals surface area (Å²) >= 11 is 5.82. The van der Waals surface area contributed by atoms with Gasteiger partial charge in [-0.25, -0.2) is 4.98 Å². The van der Waals surface area contributed by atoms with Crippen LogP contribution < -0.4 is 5.73 Å². The number of nitrogen functional groups attached to an aromatic ring is 1. The van der Waals surface area contributed by atoms with Gasteiger partial charge in [0, 0.05) is 17.4 Å². The average Bonchev–Trinajstić information content (AvgIpc) is 1.97.